The van der Waals surface area contributed by atoms with Crippen molar-refractivity contribution >= 4 is 17.8 Å². The van der Waals surface area contributed by atoms with Crippen LogP contribution in [0, 0.1) is 5.92 Å². The minimum Gasteiger partial charge on any atom is -0.497 e. The summed E-state index contributed by atoms with van der Waals surface area (Å²) in [4.78, 5) is 34.8. The van der Waals surface area contributed by atoms with Crippen LogP contribution >= 0.6 is 0 Å². The normalized spacial score (nSPS) is 13.1. The van der Waals surface area contributed by atoms with E-state index in [-0.39, 0.29) is 24.8 Å². The Bertz CT molecular complexity index is 632. The lowest BCUT2D eigenvalue weighted by Gasteiger charge is -2.21. The number of carboxylic acid groups (broad SMARTS) is 2. The Balaban J connectivity index is 2.61. The third-order valence-electron chi connectivity index (χ3n) is 3.76. The second kappa shape index (κ2) is 10.4. The summed E-state index contributed by atoms with van der Waals surface area (Å²) >= 11 is 0. The van der Waals surface area contributed by atoms with Gasteiger partial charge in [-0.3, -0.25) is 19.7 Å². The van der Waals surface area contributed by atoms with Gasteiger partial charge in [0, 0.05) is 12.1 Å². The highest BCUT2D eigenvalue weighted by molar-refractivity contribution is 5.94. The van der Waals surface area contributed by atoms with E-state index < -0.39 is 24.0 Å². The Hall–Kier alpha value is -2.61. The van der Waals surface area contributed by atoms with Gasteiger partial charge in [0.05, 0.1) is 7.11 Å². The maximum absolute atomic E-state index is 12.1. The molecule has 0 fully saturated rings. The first-order chi connectivity index (χ1) is 12.2. The highest BCUT2D eigenvalue weighted by Crippen LogP contribution is 2.12. The van der Waals surface area contributed by atoms with Gasteiger partial charge in [0.25, 0.3) is 5.91 Å². The molecule has 0 aliphatic carbocycles. The molecule has 1 amide bonds. The van der Waals surface area contributed by atoms with E-state index in [4.69, 9.17) is 4.74 Å². The molecule has 0 radical (unpaired) electrons. The monoisotopic (exact) mass is 366 g/mol. The molecule has 1 unspecified atom stereocenters. The van der Waals surface area contributed by atoms with Crippen molar-refractivity contribution in [1.82, 2.24) is 10.6 Å². The number of carbonyl (C=O) groups excluding carboxylic acids is 1. The van der Waals surface area contributed by atoms with Crippen LogP contribution in [0.1, 0.15) is 37.0 Å². The molecule has 4 N–H and O–H groups in total. The van der Waals surface area contributed by atoms with Crippen molar-refractivity contribution in [3.63, 3.8) is 0 Å². The van der Waals surface area contributed by atoms with Gasteiger partial charge in [0.15, 0.2) is 0 Å². The largest absolute Gasteiger partial charge is 0.497 e. The number of aliphatic carboxylic acids is 2. The van der Waals surface area contributed by atoms with Gasteiger partial charge in [0.1, 0.15) is 17.8 Å². The summed E-state index contributed by atoms with van der Waals surface area (Å²) in [5.74, 6) is -1.96. The van der Waals surface area contributed by atoms with Crippen LogP contribution in [0.25, 0.3) is 0 Å². The number of methoxy groups -OCH3 is 1. The van der Waals surface area contributed by atoms with Crippen molar-refractivity contribution in [2.24, 2.45) is 5.92 Å². The van der Waals surface area contributed by atoms with Gasteiger partial charge >= 0.3 is 11.9 Å². The molecule has 0 spiro atoms. The summed E-state index contributed by atoms with van der Waals surface area (Å²) in [5.41, 5.74) is 0.396. The second-order valence-corrected chi connectivity index (χ2v) is 6.35. The summed E-state index contributed by atoms with van der Waals surface area (Å²) in [6.45, 7) is 3.82. The van der Waals surface area contributed by atoms with E-state index in [0.29, 0.717) is 17.7 Å². The molecule has 1 aromatic rings. The van der Waals surface area contributed by atoms with E-state index >= 15 is 0 Å². The molecular weight excluding hydrogens is 340 g/mol. The van der Waals surface area contributed by atoms with Crippen LogP contribution < -0.4 is 15.4 Å². The van der Waals surface area contributed by atoms with Crippen molar-refractivity contribution < 1.29 is 29.3 Å². The third-order valence-corrected chi connectivity index (χ3v) is 3.76. The number of carbonyl (C=O) groups is 3. The lowest BCUT2D eigenvalue weighted by molar-refractivity contribution is -0.143. The zero-order valence-corrected chi connectivity index (χ0v) is 15.2. The fraction of sp³-hybridized carbons (Fsp3) is 0.500. The highest BCUT2D eigenvalue weighted by atomic mass is 16.5. The van der Waals surface area contributed by atoms with E-state index in [9.17, 15) is 24.6 Å². The van der Waals surface area contributed by atoms with Gasteiger partial charge in [-0.1, -0.05) is 19.9 Å². The molecule has 0 saturated heterocycles. The topological polar surface area (TPSA) is 125 Å². The van der Waals surface area contributed by atoms with E-state index in [0.717, 1.165) is 0 Å². The van der Waals surface area contributed by atoms with Crippen LogP contribution in [-0.4, -0.2) is 53.8 Å². The Kier molecular flexibility index (Phi) is 8.57. The number of carboxylic acids is 2. The molecule has 8 heteroatoms. The maximum Gasteiger partial charge on any atom is 0.320 e. The average molecular weight is 366 g/mol. The predicted octanol–water partition coefficient (Wildman–Crippen LogP) is 1.36. The zero-order valence-electron chi connectivity index (χ0n) is 15.2. The fourth-order valence-electron chi connectivity index (χ4n) is 2.43. The molecule has 2 atom stereocenters. The molecule has 26 heavy (non-hydrogen) atoms. The number of ether oxygens (including phenoxy) is 1. The molecule has 0 bridgehead atoms. The number of amides is 1. The number of nitrogens with one attached hydrogen (secondary N) is 2. The Morgan fingerprint density at radius 1 is 1.12 bits per heavy atom. The van der Waals surface area contributed by atoms with Crippen molar-refractivity contribution in [2.75, 3.05) is 13.7 Å². The van der Waals surface area contributed by atoms with E-state index in [1.54, 1.807) is 24.3 Å². The van der Waals surface area contributed by atoms with Crippen LogP contribution in [0.4, 0.5) is 0 Å². The van der Waals surface area contributed by atoms with Crippen LogP contribution in [0.5, 0.6) is 5.75 Å². The van der Waals surface area contributed by atoms with Gasteiger partial charge in [-0.05, 0) is 37.0 Å². The minimum absolute atomic E-state index is 0.0624. The quantitative estimate of drug-likeness (QED) is 0.466. The average Bonchev–Trinajstić information content (AvgIpc) is 2.59. The highest BCUT2D eigenvalue weighted by Gasteiger charge is 2.26. The predicted molar refractivity (Wildman–Crippen MR) is 95.4 cm³/mol. The number of hydrogen-bond donors (Lipinski definition) is 4. The van der Waals surface area contributed by atoms with Gasteiger partial charge in [-0.2, -0.15) is 0 Å². The smallest absolute Gasteiger partial charge is 0.320 e. The molecule has 0 saturated carbocycles. The number of benzene rings is 1. The first-order valence-electron chi connectivity index (χ1n) is 8.38. The lowest BCUT2D eigenvalue weighted by atomic mass is 10.0. The SMILES string of the molecule is COc1cccc(C(=O)NCCC(N[C@@H](CC(C)C)C(=O)O)C(=O)O)c1. The lowest BCUT2D eigenvalue weighted by Crippen LogP contribution is -2.49. The van der Waals surface area contributed by atoms with Crippen molar-refractivity contribution in [3.8, 4) is 5.75 Å². The molecule has 1 rings (SSSR count). The molecule has 0 aliphatic heterocycles. The fourth-order valence-corrected chi connectivity index (χ4v) is 2.43. The Labute approximate surface area is 152 Å². The summed E-state index contributed by atoms with van der Waals surface area (Å²) in [5, 5.41) is 23.8. The van der Waals surface area contributed by atoms with Gasteiger partial charge in [0.2, 0.25) is 0 Å². The number of rotatable bonds is 11. The molecule has 8 nitrogen and oxygen atoms in total. The number of hydrogen-bond acceptors (Lipinski definition) is 5. The summed E-state index contributed by atoms with van der Waals surface area (Å²) in [7, 11) is 1.50. The van der Waals surface area contributed by atoms with Crippen LogP contribution in [0.3, 0.4) is 0 Å². The summed E-state index contributed by atoms with van der Waals surface area (Å²) in [6.07, 6.45) is 0.377. The minimum atomic E-state index is -1.16. The summed E-state index contributed by atoms with van der Waals surface area (Å²) in [6, 6.07) is 4.56. The van der Waals surface area contributed by atoms with Crippen LogP contribution in [0.15, 0.2) is 24.3 Å². The van der Waals surface area contributed by atoms with Crippen LogP contribution in [0.2, 0.25) is 0 Å². The van der Waals surface area contributed by atoms with E-state index in [1.165, 1.54) is 7.11 Å². The van der Waals surface area contributed by atoms with Gasteiger partial charge < -0.3 is 20.3 Å². The molecule has 0 aliphatic rings. The summed E-state index contributed by atoms with van der Waals surface area (Å²) < 4.78 is 5.05. The molecular formula is C18H26N2O6. The maximum atomic E-state index is 12.1. The van der Waals surface area contributed by atoms with E-state index in [2.05, 4.69) is 10.6 Å². The molecule has 0 aromatic heterocycles. The molecule has 144 valence electrons. The van der Waals surface area contributed by atoms with Gasteiger partial charge in [-0.15, -0.1) is 0 Å². The first-order valence-corrected chi connectivity index (χ1v) is 8.38. The molecule has 1 aromatic carbocycles. The Morgan fingerprint density at radius 3 is 2.31 bits per heavy atom. The second-order valence-electron chi connectivity index (χ2n) is 6.35. The van der Waals surface area contributed by atoms with Crippen molar-refractivity contribution in [2.45, 2.75) is 38.8 Å². The van der Waals surface area contributed by atoms with Crippen molar-refractivity contribution in [3.05, 3.63) is 29.8 Å². The van der Waals surface area contributed by atoms with Gasteiger partial charge in [-0.25, -0.2) is 0 Å². The standard InChI is InChI=1S/C18H26N2O6/c1-11(2)9-15(18(24)25)20-14(17(22)23)7-8-19-16(21)12-5-4-6-13(10-12)26-3/h4-6,10-11,14-15,20H,7-9H2,1-3H3,(H,19,21)(H,22,23)(H,24,25)/t14?,15-/m0/s1. The zero-order chi connectivity index (χ0) is 19.7. The molecule has 0 heterocycles. The van der Waals surface area contributed by atoms with Crippen molar-refractivity contribution in [1.29, 1.82) is 0 Å². The first kappa shape index (κ1) is 21.4. The Morgan fingerprint density at radius 2 is 1.77 bits per heavy atom. The van der Waals surface area contributed by atoms with E-state index in [1.807, 2.05) is 13.8 Å². The van der Waals surface area contributed by atoms with Crippen LogP contribution in [-0.2, 0) is 9.59 Å². The third kappa shape index (κ3) is 7.10.